The minimum Gasteiger partial charge on any atom is -0.399 e. The number of sulfonamides is 1. The molecule has 0 aliphatic carbocycles. The van der Waals surface area contributed by atoms with E-state index in [0.29, 0.717) is 16.7 Å². The minimum atomic E-state index is -3.51. The van der Waals surface area contributed by atoms with Gasteiger partial charge in [0.05, 0.1) is 4.90 Å². The number of benzene rings is 1. The van der Waals surface area contributed by atoms with E-state index in [1.54, 1.807) is 12.1 Å². The van der Waals surface area contributed by atoms with E-state index in [2.05, 4.69) is 20.7 Å². The average molecular weight is 336 g/mol. The van der Waals surface area contributed by atoms with Gasteiger partial charge in [-0.15, -0.1) is 0 Å². The summed E-state index contributed by atoms with van der Waals surface area (Å²) in [5, 5.41) is 0. The van der Waals surface area contributed by atoms with E-state index < -0.39 is 10.0 Å². The van der Waals surface area contributed by atoms with Crippen LogP contribution >= 0.6 is 15.9 Å². The molecule has 1 aromatic rings. The van der Waals surface area contributed by atoms with Crippen LogP contribution in [0.15, 0.2) is 27.6 Å². The predicted octanol–water partition coefficient (Wildman–Crippen LogP) is 1.26. The van der Waals surface area contributed by atoms with Crippen molar-refractivity contribution in [3.63, 3.8) is 0 Å². The summed E-state index contributed by atoms with van der Waals surface area (Å²) in [6, 6.07) is 4.72. The van der Waals surface area contributed by atoms with E-state index in [-0.39, 0.29) is 4.90 Å². The van der Waals surface area contributed by atoms with Gasteiger partial charge in [0.2, 0.25) is 10.0 Å². The monoisotopic (exact) mass is 335 g/mol. The van der Waals surface area contributed by atoms with E-state index in [0.717, 1.165) is 13.0 Å². The molecule has 0 atom stereocenters. The van der Waals surface area contributed by atoms with Gasteiger partial charge in [0.1, 0.15) is 0 Å². The van der Waals surface area contributed by atoms with Gasteiger partial charge in [-0.05, 0) is 61.2 Å². The van der Waals surface area contributed by atoms with Crippen molar-refractivity contribution in [2.75, 3.05) is 32.9 Å². The van der Waals surface area contributed by atoms with Gasteiger partial charge >= 0.3 is 0 Å². The van der Waals surface area contributed by atoms with Crippen molar-refractivity contribution < 1.29 is 8.42 Å². The molecule has 0 unspecified atom stereocenters. The maximum absolute atomic E-state index is 12.0. The third-order valence-corrected chi connectivity index (χ3v) is 4.77. The molecule has 0 saturated carbocycles. The third-order valence-electron chi connectivity index (χ3n) is 2.32. The summed E-state index contributed by atoms with van der Waals surface area (Å²) in [5.74, 6) is 0. The second kappa shape index (κ2) is 6.51. The Morgan fingerprint density at radius 2 is 2.06 bits per heavy atom. The second-order valence-electron chi connectivity index (χ2n) is 4.24. The van der Waals surface area contributed by atoms with Gasteiger partial charge in [-0.1, -0.05) is 0 Å². The Labute approximate surface area is 117 Å². The van der Waals surface area contributed by atoms with Crippen molar-refractivity contribution >= 4 is 31.6 Å². The Balaban J connectivity index is 2.71. The van der Waals surface area contributed by atoms with Crippen molar-refractivity contribution in [2.45, 2.75) is 11.3 Å². The number of hydrogen-bond donors (Lipinski definition) is 2. The summed E-state index contributed by atoms with van der Waals surface area (Å²) < 4.78 is 27.1. The summed E-state index contributed by atoms with van der Waals surface area (Å²) in [7, 11) is 0.388. The second-order valence-corrected chi connectivity index (χ2v) is 6.83. The molecular weight excluding hydrogens is 318 g/mol. The van der Waals surface area contributed by atoms with Gasteiger partial charge in [-0.2, -0.15) is 0 Å². The molecule has 5 nitrogen and oxygen atoms in total. The number of hydrogen-bond acceptors (Lipinski definition) is 4. The van der Waals surface area contributed by atoms with E-state index >= 15 is 0 Å². The maximum Gasteiger partial charge on any atom is 0.241 e. The maximum atomic E-state index is 12.0. The van der Waals surface area contributed by atoms with Crippen molar-refractivity contribution in [2.24, 2.45) is 0 Å². The molecule has 0 bridgehead atoms. The van der Waals surface area contributed by atoms with Crippen LogP contribution in [0.1, 0.15) is 6.42 Å². The lowest BCUT2D eigenvalue weighted by Gasteiger charge is -2.11. The van der Waals surface area contributed by atoms with Crippen molar-refractivity contribution in [3.05, 3.63) is 22.7 Å². The third kappa shape index (κ3) is 4.56. The smallest absolute Gasteiger partial charge is 0.241 e. The number of nitrogens with zero attached hydrogens (tertiary/aromatic N) is 1. The molecule has 0 saturated heterocycles. The zero-order chi connectivity index (χ0) is 13.8. The highest BCUT2D eigenvalue weighted by molar-refractivity contribution is 9.10. The van der Waals surface area contributed by atoms with Crippen LogP contribution in [0.25, 0.3) is 0 Å². The minimum absolute atomic E-state index is 0.173. The highest BCUT2D eigenvalue weighted by atomic mass is 79.9. The Kier molecular flexibility index (Phi) is 5.58. The van der Waals surface area contributed by atoms with Crippen molar-refractivity contribution in [1.82, 2.24) is 9.62 Å². The van der Waals surface area contributed by atoms with Gasteiger partial charge in [-0.3, -0.25) is 0 Å². The zero-order valence-corrected chi connectivity index (χ0v) is 12.9. The van der Waals surface area contributed by atoms with Crippen LogP contribution in [-0.2, 0) is 10.0 Å². The summed E-state index contributed by atoms with van der Waals surface area (Å²) in [4.78, 5) is 2.18. The number of nitrogens with one attached hydrogen (secondary N) is 1. The van der Waals surface area contributed by atoms with Crippen LogP contribution in [0.2, 0.25) is 0 Å². The average Bonchev–Trinajstić information content (AvgIpc) is 2.27. The summed E-state index contributed by atoms with van der Waals surface area (Å²) >= 11 is 3.22. The fraction of sp³-hybridized carbons (Fsp3) is 0.455. The molecule has 7 heteroatoms. The summed E-state index contributed by atoms with van der Waals surface area (Å²) in [6.07, 6.45) is 0.756. The molecule has 0 fully saturated rings. The molecule has 18 heavy (non-hydrogen) atoms. The first-order chi connectivity index (χ1) is 8.33. The molecule has 102 valence electrons. The highest BCUT2D eigenvalue weighted by Gasteiger charge is 2.17. The number of halogens is 1. The van der Waals surface area contributed by atoms with Crippen molar-refractivity contribution in [1.29, 1.82) is 0 Å². The quantitative estimate of drug-likeness (QED) is 0.606. The first-order valence-corrected chi connectivity index (χ1v) is 7.80. The Morgan fingerprint density at radius 1 is 1.39 bits per heavy atom. The Bertz CT molecular complexity index is 503. The van der Waals surface area contributed by atoms with Crippen LogP contribution < -0.4 is 10.5 Å². The normalized spacial score (nSPS) is 12.0. The molecule has 3 N–H and O–H groups in total. The van der Waals surface area contributed by atoms with Gasteiger partial charge < -0.3 is 10.6 Å². The topological polar surface area (TPSA) is 75.4 Å². The zero-order valence-electron chi connectivity index (χ0n) is 10.5. The Hall–Kier alpha value is -0.630. The predicted molar refractivity (Wildman–Crippen MR) is 76.9 cm³/mol. The molecule has 1 rings (SSSR count). The molecule has 0 amide bonds. The summed E-state index contributed by atoms with van der Waals surface area (Å²) in [6.45, 7) is 1.24. The Morgan fingerprint density at radius 3 is 2.67 bits per heavy atom. The standard InChI is InChI=1S/C11H18BrN3O2S/c1-15(2)7-3-6-14-18(16,17)11-8-9(13)4-5-10(11)12/h4-5,8,14H,3,6-7,13H2,1-2H3. The largest absolute Gasteiger partial charge is 0.399 e. The van der Waals surface area contributed by atoms with Gasteiger partial charge in [-0.25, -0.2) is 13.1 Å². The number of nitrogen functional groups attached to an aromatic ring is 1. The first kappa shape index (κ1) is 15.4. The molecular formula is C11H18BrN3O2S. The highest BCUT2D eigenvalue weighted by Crippen LogP contribution is 2.23. The first-order valence-electron chi connectivity index (χ1n) is 5.52. The fourth-order valence-corrected chi connectivity index (χ4v) is 3.48. The molecule has 0 aliphatic rings. The summed E-state index contributed by atoms with van der Waals surface area (Å²) in [5.41, 5.74) is 6.02. The fourth-order valence-electron chi connectivity index (χ4n) is 1.41. The number of anilines is 1. The molecule has 0 aromatic heterocycles. The SMILES string of the molecule is CN(C)CCCNS(=O)(=O)c1cc(N)ccc1Br. The molecule has 0 spiro atoms. The van der Waals surface area contributed by atoms with Crippen molar-refractivity contribution in [3.8, 4) is 0 Å². The van der Waals surface area contributed by atoms with Crippen LogP contribution in [0.4, 0.5) is 5.69 Å². The lowest BCUT2D eigenvalue weighted by molar-refractivity contribution is 0.400. The lowest BCUT2D eigenvalue weighted by Crippen LogP contribution is -2.27. The van der Waals surface area contributed by atoms with Crippen LogP contribution in [0.5, 0.6) is 0 Å². The van der Waals surface area contributed by atoms with Crippen LogP contribution in [0.3, 0.4) is 0 Å². The van der Waals surface area contributed by atoms with Gasteiger partial charge in [0.25, 0.3) is 0 Å². The number of rotatable bonds is 6. The van der Waals surface area contributed by atoms with E-state index in [4.69, 9.17) is 5.73 Å². The van der Waals surface area contributed by atoms with Crippen LogP contribution in [-0.4, -0.2) is 40.5 Å². The van der Waals surface area contributed by atoms with Crippen LogP contribution in [0, 0.1) is 0 Å². The van der Waals surface area contributed by atoms with E-state index in [1.807, 2.05) is 19.0 Å². The molecule has 0 heterocycles. The van der Waals surface area contributed by atoms with E-state index in [1.165, 1.54) is 6.07 Å². The van der Waals surface area contributed by atoms with Gasteiger partial charge in [0.15, 0.2) is 0 Å². The van der Waals surface area contributed by atoms with E-state index in [9.17, 15) is 8.42 Å². The lowest BCUT2D eigenvalue weighted by atomic mass is 10.3. The van der Waals surface area contributed by atoms with Gasteiger partial charge in [0, 0.05) is 16.7 Å². The molecule has 1 aromatic carbocycles. The molecule has 0 radical (unpaired) electrons. The molecule has 0 aliphatic heterocycles. The number of nitrogens with two attached hydrogens (primary N) is 1.